The predicted molar refractivity (Wildman–Crippen MR) is 268 cm³/mol. The maximum atomic E-state index is 14.2. The van der Waals surface area contributed by atoms with E-state index in [2.05, 4.69) is 67.2 Å². The van der Waals surface area contributed by atoms with Gasteiger partial charge in [0.25, 0.3) is 21.6 Å². The summed E-state index contributed by atoms with van der Waals surface area (Å²) in [6.45, 7) is 14.8. The third-order valence-electron chi connectivity index (χ3n) is 15.0. The summed E-state index contributed by atoms with van der Waals surface area (Å²) in [7, 11) is -4.63. The van der Waals surface area contributed by atoms with Crippen LogP contribution in [0.25, 0.3) is 16.6 Å². The molecule has 69 heavy (non-hydrogen) atoms. The molecular formula is C52H61ClN8O7S. The van der Waals surface area contributed by atoms with E-state index in [9.17, 15) is 23.3 Å². The number of nitro benzene ring substituents is 1. The summed E-state index contributed by atoms with van der Waals surface area (Å²) in [5.74, 6) is -0.330. The highest BCUT2D eigenvalue weighted by molar-refractivity contribution is 7.90. The van der Waals surface area contributed by atoms with Crippen molar-refractivity contribution in [2.24, 2.45) is 11.3 Å². The standard InChI is InChI=1S/C52H61ClN8O7S/c1-34-30-58(19-22-60(34)40-5-4-6-40)31-35-23-45-47(61(63)64)26-43(27-48(45)67-33-35)69(65,66)56-51(62)44-12-11-41(25-49(44)68-42-24-37-14-16-54-50(37)55-29-42)59-20-17-57(18-21-59)32-38-13-15-52(2,3)28-46(38)36-7-9-39(53)10-8-36/h7-12,14,16,24-27,29,34-35,40H,4-6,13,15,17-23,28,30-33H2,1-3H3,(H,54,55)(H,56,62)/t34-,35-/m0/s1. The molecule has 0 radical (unpaired) electrons. The van der Waals surface area contributed by atoms with Crippen LogP contribution in [0.1, 0.15) is 80.8 Å². The molecule has 17 heteroatoms. The molecule has 3 aromatic carbocycles. The fourth-order valence-electron chi connectivity index (χ4n) is 11.0. The second-order valence-electron chi connectivity index (χ2n) is 20.5. The number of piperazine rings is 2. The highest BCUT2D eigenvalue weighted by Crippen LogP contribution is 2.44. The molecule has 2 atom stereocenters. The largest absolute Gasteiger partial charge is 0.493 e. The van der Waals surface area contributed by atoms with E-state index in [4.69, 9.17) is 21.1 Å². The molecule has 5 aliphatic rings. The number of nitrogens with zero attached hydrogens (tertiary/aromatic N) is 6. The topological polar surface area (TPSA) is 166 Å². The van der Waals surface area contributed by atoms with Crippen LogP contribution in [0.15, 0.2) is 89.6 Å². The number of fused-ring (bicyclic) bond motifs is 2. The zero-order valence-corrected chi connectivity index (χ0v) is 41.2. The zero-order chi connectivity index (χ0) is 48.0. The number of hydrogen-bond acceptors (Lipinski definition) is 12. The number of sulfonamides is 1. The highest BCUT2D eigenvalue weighted by Gasteiger charge is 2.37. The summed E-state index contributed by atoms with van der Waals surface area (Å²) < 4.78 is 42.8. The molecule has 1 saturated carbocycles. The summed E-state index contributed by atoms with van der Waals surface area (Å²) >= 11 is 6.26. The molecule has 2 N–H and O–H groups in total. The molecule has 0 unspecified atom stereocenters. The van der Waals surface area contributed by atoms with Gasteiger partial charge in [0.1, 0.15) is 22.9 Å². The maximum Gasteiger partial charge on any atom is 0.277 e. The first-order valence-electron chi connectivity index (χ1n) is 24.3. The molecule has 364 valence electrons. The summed E-state index contributed by atoms with van der Waals surface area (Å²) in [4.78, 5) is 43.0. The SMILES string of the molecule is C[C@H]1CN(C[C@H]2COc3cc(S(=O)(=O)NC(=O)c4ccc(N5CCN(CC6=C(c7ccc(Cl)cc7)CC(C)(C)CC6)CC5)cc4Oc4cnc5[nH]ccc5c4)cc([N+](=O)[O-])c3C2)CCN1C1CCC1. The predicted octanol–water partition coefficient (Wildman–Crippen LogP) is 8.93. The summed E-state index contributed by atoms with van der Waals surface area (Å²) in [6.07, 6.45) is 10.7. The number of benzene rings is 3. The van der Waals surface area contributed by atoms with Gasteiger partial charge in [-0.25, -0.2) is 18.1 Å². The Morgan fingerprint density at radius 3 is 2.54 bits per heavy atom. The first kappa shape index (κ1) is 47.2. The van der Waals surface area contributed by atoms with Crippen LogP contribution in [-0.2, 0) is 16.4 Å². The van der Waals surface area contributed by atoms with Gasteiger partial charge in [-0.05, 0) is 98.4 Å². The molecule has 15 nitrogen and oxygen atoms in total. The number of pyridine rings is 1. The Morgan fingerprint density at radius 2 is 1.80 bits per heavy atom. The van der Waals surface area contributed by atoms with E-state index in [0.717, 1.165) is 100 Å². The van der Waals surface area contributed by atoms with Crippen molar-refractivity contribution in [1.82, 2.24) is 29.4 Å². The number of carbonyl (C=O) groups is 1. The number of nitrogens with one attached hydrogen (secondary N) is 2. The second-order valence-corrected chi connectivity index (χ2v) is 22.6. The van der Waals surface area contributed by atoms with E-state index in [0.29, 0.717) is 42.1 Å². The minimum atomic E-state index is -4.63. The van der Waals surface area contributed by atoms with Crippen LogP contribution in [0.2, 0.25) is 5.02 Å². The Hall–Kier alpha value is -5.52. The molecular weight excluding hydrogens is 916 g/mol. The summed E-state index contributed by atoms with van der Waals surface area (Å²) in [5.41, 5.74) is 5.79. The van der Waals surface area contributed by atoms with E-state index in [1.807, 2.05) is 18.2 Å². The number of rotatable bonds is 13. The van der Waals surface area contributed by atoms with Gasteiger partial charge in [-0.1, -0.05) is 49.6 Å². The minimum Gasteiger partial charge on any atom is -0.493 e. The van der Waals surface area contributed by atoms with E-state index in [-0.39, 0.29) is 34.1 Å². The van der Waals surface area contributed by atoms with Crippen molar-refractivity contribution in [3.05, 3.63) is 117 Å². The third-order valence-corrected chi connectivity index (χ3v) is 16.6. The smallest absolute Gasteiger partial charge is 0.277 e. The van der Waals surface area contributed by atoms with E-state index >= 15 is 0 Å². The van der Waals surface area contributed by atoms with E-state index in [1.54, 1.807) is 30.5 Å². The van der Waals surface area contributed by atoms with Crippen molar-refractivity contribution < 1.29 is 27.6 Å². The Labute approximate surface area is 409 Å². The van der Waals surface area contributed by atoms with Crippen molar-refractivity contribution in [2.45, 2.75) is 82.7 Å². The molecule has 2 saturated heterocycles. The number of H-pyrrole nitrogens is 1. The lowest BCUT2D eigenvalue weighted by molar-refractivity contribution is -0.386. The molecule has 5 aromatic rings. The number of anilines is 1. The van der Waals surface area contributed by atoms with Crippen molar-refractivity contribution in [3.8, 4) is 17.2 Å². The lowest BCUT2D eigenvalue weighted by atomic mass is 9.72. The van der Waals surface area contributed by atoms with E-state index < -0.39 is 25.7 Å². The highest BCUT2D eigenvalue weighted by atomic mass is 35.5. The lowest BCUT2D eigenvalue weighted by Gasteiger charge is -2.47. The van der Waals surface area contributed by atoms with Crippen LogP contribution in [0.4, 0.5) is 11.4 Å². The van der Waals surface area contributed by atoms with Crippen molar-refractivity contribution in [3.63, 3.8) is 0 Å². The number of allylic oxidation sites excluding steroid dienone is 1. The van der Waals surface area contributed by atoms with Gasteiger partial charge in [0.15, 0.2) is 0 Å². The number of halogens is 1. The van der Waals surface area contributed by atoms with Crippen LogP contribution in [0.3, 0.4) is 0 Å². The fraction of sp³-hybridized carbons (Fsp3) is 0.462. The van der Waals surface area contributed by atoms with Crippen LogP contribution in [-0.4, -0.2) is 122 Å². The monoisotopic (exact) mass is 976 g/mol. The van der Waals surface area contributed by atoms with Gasteiger partial charge < -0.3 is 24.3 Å². The molecule has 10 rings (SSSR count). The number of nitro groups is 1. The fourth-order valence-corrected chi connectivity index (χ4v) is 12.1. The lowest BCUT2D eigenvalue weighted by Crippen LogP contribution is -2.57. The summed E-state index contributed by atoms with van der Waals surface area (Å²) in [6, 6.07) is 20.4. The molecule has 2 aliphatic carbocycles. The summed E-state index contributed by atoms with van der Waals surface area (Å²) in [5, 5.41) is 14.1. The van der Waals surface area contributed by atoms with Gasteiger partial charge in [-0.15, -0.1) is 0 Å². The number of aromatic nitrogens is 2. The van der Waals surface area contributed by atoms with Crippen molar-refractivity contribution >= 4 is 55.5 Å². The number of aromatic amines is 1. The second kappa shape index (κ2) is 19.3. The van der Waals surface area contributed by atoms with Crippen LogP contribution < -0.4 is 19.1 Å². The quantitative estimate of drug-likeness (QED) is 0.0851. The van der Waals surface area contributed by atoms with Gasteiger partial charge in [-0.2, -0.15) is 0 Å². The first-order chi connectivity index (χ1) is 33.1. The first-order valence-corrected chi connectivity index (χ1v) is 26.2. The number of carbonyl (C=O) groups excluding carboxylic acids is 1. The molecule has 1 amide bonds. The molecule has 2 aromatic heterocycles. The van der Waals surface area contributed by atoms with Crippen molar-refractivity contribution in [2.75, 3.05) is 70.4 Å². The average molecular weight is 978 g/mol. The minimum absolute atomic E-state index is 0.000219. The Balaban J connectivity index is 0.850. The maximum absolute atomic E-state index is 14.2. The van der Waals surface area contributed by atoms with Gasteiger partial charge in [0, 0.05) is 117 Å². The average Bonchev–Trinajstić information content (AvgIpc) is 3.78. The molecule has 5 heterocycles. The number of amides is 1. The van der Waals surface area contributed by atoms with Gasteiger partial charge in [0.2, 0.25) is 0 Å². The molecule has 3 aliphatic heterocycles. The molecule has 0 bridgehead atoms. The Bertz CT molecular complexity index is 2890. The Morgan fingerprint density at radius 1 is 1.01 bits per heavy atom. The van der Waals surface area contributed by atoms with Crippen molar-refractivity contribution in [1.29, 1.82) is 0 Å². The molecule has 3 fully saturated rings. The molecule has 0 spiro atoms. The van der Waals surface area contributed by atoms with Crippen LogP contribution >= 0.6 is 11.6 Å². The number of hydrogen-bond donors (Lipinski definition) is 2. The van der Waals surface area contributed by atoms with Crippen LogP contribution in [0.5, 0.6) is 17.2 Å². The third kappa shape index (κ3) is 10.4. The Kier molecular flexibility index (Phi) is 13.2. The van der Waals surface area contributed by atoms with Crippen LogP contribution in [0, 0.1) is 21.4 Å². The normalized spacial score (nSPS) is 21.7. The zero-order valence-electron chi connectivity index (χ0n) is 39.6. The van der Waals surface area contributed by atoms with Gasteiger partial charge in [-0.3, -0.25) is 24.7 Å². The van der Waals surface area contributed by atoms with Gasteiger partial charge >= 0.3 is 0 Å². The van der Waals surface area contributed by atoms with E-state index in [1.165, 1.54) is 48.2 Å². The van der Waals surface area contributed by atoms with Gasteiger partial charge in [0.05, 0.1) is 33.7 Å². The number of ether oxygens (including phenoxy) is 2.